The summed E-state index contributed by atoms with van der Waals surface area (Å²) in [6, 6.07) is 0.00905. The maximum Gasteiger partial charge on any atom is 0.229 e. The third-order valence-electron chi connectivity index (χ3n) is 3.74. The third-order valence-corrected chi connectivity index (χ3v) is 4.66. The first-order valence-corrected chi connectivity index (χ1v) is 11.5. The second kappa shape index (κ2) is 17.9. The Morgan fingerprint density at radius 1 is 0.886 bits per heavy atom. The molecule has 2 aliphatic carbocycles. The number of carbonyl (C=O) groups excluding carboxylic acids is 2. The van der Waals surface area contributed by atoms with Crippen LogP contribution < -0.4 is 29.3 Å². The minimum Gasteiger partial charge on any atom is -0.493 e. The van der Waals surface area contributed by atoms with Gasteiger partial charge in [0.05, 0.1) is 14.2 Å². The van der Waals surface area contributed by atoms with Crippen molar-refractivity contribution < 1.29 is 76.0 Å². The van der Waals surface area contributed by atoms with E-state index in [0.29, 0.717) is 17.7 Å². The molecule has 35 heavy (non-hydrogen) atoms. The molecule has 199 valence electrons. The Morgan fingerprint density at radius 3 is 1.63 bits per heavy atom. The number of halogens is 3. The van der Waals surface area contributed by atoms with Crippen LogP contribution in [0.5, 0.6) is 0 Å². The standard InChI is InChI=1S/C19H20Br2N2O4.ClHO4.Mn.2H2O/c1-11(23-10-13-5-15(21)7-17(27-3)19(13)25)8-22-9-12-4-14(20)6-16(26-2)18(12)24;2-1(3,4)5;;;/h4-7,9-11,22-23H,8H2,1-3H3;(H,2,3,4,5);;2*1H2/p-1/b12-9-,13-10-;;;;/t11-;;;;/m1..../s1. The zero-order chi connectivity index (χ0) is 24.5. The summed E-state index contributed by atoms with van der Waals surface area (Å²) in [5.74, 6) is 0.196. The average molecular weight is 691 g/mol. The molecule has 0 aliphatic heterocycles. The third kappa shape index (κ3) is 14.6. The molecule has 0 saturated heterocycles. The summed E-state index contributed by atoms with van der Waals surface area (Å²) in [4.78, 5) is 24.4. The molecule has 12 nitrogen and oxygen atoms in total. The Kier molecular flexibility index (Phi) is 19.4. The molecule has 0 aromatic heterocycles. The Balaban J connectivity index is -0.00000116. The molecule has 0 saturated carbocycles. The summed E-state index contributed by atoms with van der Waals surface area (Å²) in [5, 5.41) is 6.27. The minimum atomic E-state index is -4.94. The van der Waals surface area contributed by atoms with Gasteiger partial charge in [-0.2, -0.15) is 0 Å². The van der Waals surface area contributed by atoms with E-state index in [2.05, 4.69) is 42.5 Å². The van der Waals surface area contributed by atoms with Crippen molar-refractivity contribution in [3.05, 3.63) is 68.3 Å². The van der Waals surface area contributed by atoms with Gasteiger partial charge in [-0.15, -0.1) is 10.2 Å². The largest absolute Gasteiger partial charge is 0.493 e. The molecule has 0 aromatic rings. The molecule has 2 aliphatic rings. The first kappa shape index (κ1) is 38.0. The predicted molar refractivity (Wildman–Crippen MR) is 118 cm³/mol. The Bertz CT molecular complexity index is 921. The molecule has 1 radical (unpaired) electrons. The fourth-order valence-corrected chi connectivity index (χ4v) is 3.24. The Morgan fingerprint density at radius 2 is 1.26 bits per heavy atom. The van der Waals surface area contributed by atoms with Crippen LogP contribution in [0.1, 0.15) is 6.92 Å². The van der Waals surface area contributed by atoms with Crippen molar-refractivity contribution in [1.82, 2.24) is 10.6 Å². The van der Waals surface area contributed by atoms with Crippen LogP contribution in [0.2, 0.25) is 0 Å². The normalized spacial score (nSPS) is 18.1. The smallest absolute Gasteiger partial charge is 0.229 e. The van der Waals surface area contributed by atoms with Crippen LogP contribution in [0, 0.1) is 10.2 Å². The van der Waals surface area contributed by atoms with E-state index in [1.54, 1.807) is 36.7 Å². The van der Waals surface area contributed by atoms with E-state index in [0.717, 1.165) is 8.96 Å². The fraction of sp³-hybridized carbons (Fsp3) is 0.263. The van der Waals surface area contributed by atoms with E-state index >= 15 is 0 Å². The SMILES string of the molecule is COC1=CC(Br)=C/C(=C/NC[C@@H](C)N/C=C2/C=C(Br)C=C(OC)C2=O)C1=O.O.O.[Mn].[O-][Cl+3]([O-])([O-])[O-]. The van der Waals surface area contributed by atoms with E-state index in [1.165, 1.54) is 14.2 Å². The van der Waals surface area contributed by atoms with Crippen molar-refractivity contribution in [1.29, 1.82) is 0 Å². The molecule has 2 rings (SSSR count). The number of carbonyl (C=O) groups is 2. The number of rotatable bonds is 7. The number of Topliss-reactive ketones (excluding diaryl/α,β-unsaturated/α-hetero) is 2. The molecule has 0 aromatic carbocycles. The van der Waals surface area contributed by atoms with E-state index < -0.39 is 10.2 Å². The van der Waals surface area contributed by atoms with Crippen molar-refractivity contribution in [3.8, 4) is 0 Å². The van der Waals surface area contributed by atoms with Crippen LogP contribution >= 0.6 is 31.9 Å². The van der Waals surface area contributed by atoms with Gasteiger partial charge in [-0.05, 0) is 31.2 Å². The molecule has 0 bridgehead atoms. The van der Waals surface area contributed by atoms with E-state index in [-0.39, 0.29) is 57.1 Å². The molecule has 16 heteroatoms. The van der Waals surface area contributed by atoms with Gasteiger partial charge in [-0.1, -0.05) is 31.9 Å². The second-order valence-electron chi connectivity index (χ2n) is 6.20. The monoisotopic (exact) mass is 688 g/mol. The molecule has 1 atom stereocenters. The number of ether oxygens (including phenoxy) is 2. The number of allylic oxidation sites excluding steroid dienone is 8. The van der Waals surface area contributed by atoms with Crippen molar-refractivity contribution >= 4 is 43.4 Å². The van der Waals surface area contributed by atoms with Crippen molar-refractivity contribution in [2.45, 2.75) is 13.0 Å². The summed E-state index contributed by atoms with van der Waals surface area (Å²) in [6.07, 6.45) is 10.0. The number of hydrogen-bond acceptors (Lipinski definition) is 10. The summed E-state index contributed by atoms with van der Waals surface area (Å²) >= 11 is 6.72. The fourth-order valence-electron chi connectivity index (χ4n) is 2.33. The molecular weight excluding hydrogens is 666 g/mol. The van der Waals surface area contributed by atoms with Gasteiger partial charge >= 0.3 is 0 Å². The van der Waals surface area contributed by atoms with Crippen molar-refractivity contribution in [3.63, 3.8) is 0 Å². The topological polar surface area (TPSA) is 232 Å². The summed E-state index contributed by atoms with van der Waals surface area (Å²) in [7, 11) is -2.02. The molecular formula is C19H24Br2ClMnN2O10-. The van der Waals surface area contributed by atoms with Gasteiger partial charge in [-0.3, -0.25) is 9.59 Å². The van der Waals surface area contributed by atoms with Gasteiger partial charge in [0.1, 0.15) is 0 Å². The van der Waals surface area contributed by atoms with Crippen LogP contribution in [0.25, 0.3) is 0 Å². The number of nitrogens with one attached hydrogen (secondary N) is 2. The first-order chi connectivity index (χ1) is 14.8. The van der Waals surface area contributed by atoms with Gasteiger partial charge in [-0.25, -0.2) is 18.6 Å². The Labute approximate surface area is 231 Å². The number of hydrogen-bond donors (Lipinski definition) is 2. The van der Waals surface area contributed by atoms with Crippen LogP contribution in [-0.4, -0.2) is 49.3 Å². The van der Waals surface area contributed by atoms with Crippen LogP contribution in [0.15, 0.2) is 68.3 Å². The van der Waals surface area contributed by atoms with Crippen molar-refractivity contribution in [2.24, 2.45) is 0 Å². The quantitative estimate of drug-likeness (QED) is 0.200. The van der Waals surface area contributed by atoms with E-state index in [9.17, 15) is 9.59 Å². The minimum absolute atomic E-state index is 0. The molecule has 0 spiro atoms. The maximum absolute atomic E-state index is 12.2. The Hall–Kier alpha value is -1.49. The maximum atomic E-state index is 12.2. The summed E-state index contributed by atoms with van der Waals surface area (Å²) in [6.45, 7) is 2.50. The van der Waals surface area contributed by atoms with Crippen LogP contribution in [-0.2, 0) is 36.1 Å². The number of ketones is 2. The average Bonchev–Trinajstić information content (AvgIpc) is 2.69. The molecule has 0 amide bonds. The van der Waals surface area contributed by atoms with Gasteiger partial charge in [0.25, 0.3) is 0 Å². The summed E-state index contributed by atoms with van der Waals surface area (Å²) < 4.78 is 45.6. The predicted octanol–water partition coefficient (Wildman–Crippen LogP) is -3.30. The molecule has 6 N–H and O–H groups in total. The zero-order valence-corrected chi connectivity index (χ0v) is 23.6. The van der Waals surface area contributed by atoms with Crippen LogP contribution in [0.3, 0.4) is 0 Å². The molecule has 0 unspecified atom stereocenters. The number of methoxy groups -OCH3 is 2. The van der Waals surface area contributed by atoms with Crippen molar-refractivity contribution in [2.75, 3.05) is 20.8 Å². The van der Waals surface area contributed by atoms with E-state index in [1.807, 2.05) is 6.92 Å². The molecule has 0 fully saturated rings. The van der Waals surface area contributed by atoms with Gasteiger partial charge in [0, 0.05) is 62.2 Å². The van der Waals surface area contributed by atoms with E-state index in [4.69, 9.17) is 28.1 Å². The second-order valence-corrected chi connectivity index (χ2v) is 8.78. The summed E-state index contributed by atoms with van der Waals surface area (Å²) in [5.41, 5.74) is 0.992. The zero-order valence-electron chi connectivity index (χ0n) is 18.5. The van der Waals surface area contributed by atoms with Gasteiger partial charge in [0.15, 0.2) is 11.5 Å². The van der Waals surface area contributed by atoms with Gasteiger partial charge in [0.2, 0.25) is 11.6 Å². The van der Waals surface area contributed by atoms with Gasteiger partial charge < -0.3 is 31.1 Å². The first-order valence-electron chi connectivity index (χ1n) is 8.72. The van der Waals surface area contributed by atoms with Crippen LogP contribution in [0.4, 0.5) is 0 Å². The molecule has 0 heterocycles.